The lowest BCUT2D eigenvalue weighted by Crippen LogP contribution is -2.34. The Kier molecular flexibility index (Phi) is 4.50. The van der Waals surface area contributed by atoms with Crippen molar-refractivity contribution in [2.75, 3.05) is 11.5 Å². The second-order valence-electron chi connectivity index (χ2n) is 4.20. The Bertz CT molecular complexity index is 442. The summed E-state index contributed by atoms with van der Waals surface area (Å²) in [5.74, 6) is -1.80. The van der Waals surface area contributed by atoms with Crippen molar-refractivity contribution in [1.29, 1.82) is 0 Å². The predicted octanol–water partition coefficient (Wildman–Crippen LogP) is 3.34. The van der Waals surface area contributed by atoms with Crippen molar-refractivity contribution in [3.63, 3.8) is 0 Å². The van der Waals surface area contributed by atoms with E-state index in [9.17, 15) is 13.2 Å². The van der Waals surface area contributed by atoms with Crippen molar-refractivity contribution < 1.29 is 13.2 Å². The third kappa shape index (κ3) is 2.65. The molecule has 0 aliphatic carbocycles. The zero-order valence-corrected chi connectivity index (χ0v) is 11.5. The molecule has 1 saturated heterocycles. The third-order valence-corrected chi connectivity index (χ3v) is 6.23. The molecular formula is C12H14F3NS2. The first-order chi connectivity index (χ1) is 8.52. The van der Waals surface area contributed by atoms with Gasteiger partial charge < -0.3 is 5.73 Å². The molecule has 1 aliphatic rings. The largest absolute Gasteiger partial charge is 0.323 e. The lowest BCUT2D eigenvalue weighted by atomic mass is 10.0. The maximum Gasteiger partial charge on any atom is 0.194 e. The Hall–Kier alpha value is -0.330. The van der Waals surface area contributed by atoms with E-state index in [0.29, 0.717) is 0 Å². The van der Waals surface area contributed by atoms with Crippen molar-refractivity contribution >= 4 is 23.5 Å². The van der Waals surface area contributed by atoms with Gasteiger partial charge in [0.15, 0.2) is 17.5 Å². The Morgan fingerprint density at radius 1 is 1.17 bits per heavy atom. The first-order valence-corrected chi connectivity index (χ1v) is 7.74. The number of thioether (sulfide) groups is 2. The van der Waals surface area contributed by atoms with Crippen molar-refractivity contribution in [2.45, 2.75) is 23.5 Å². The first-order valence-electron chi connectivity index (χ1n) is 5.64. The number of hydrogen-bond donors (Lipinski definition) is 1. The summed E-state index contributed by atoms with van der Waals surface area (Å²) >= 11 is 3.44. The summed E-state index contributed by atoms with van der Waals surface area (Å²) in [7, 11) is 0. The SMILES string of the molecule is CC1SCCSC1C(N)c1ccc(F)c(F)c1F. The standard InChI is InChI=1S/C12H14F3NS2/c1-6-12(18-5-4-17-6)11(16)7-2-3-8(13)10(15)9(7)14/h2-3,6,11-12H,4-5,16H2,1H3. The molecule has 1 fully saturated rings. The van der Waals surface area contributed by atoms with Gasteiger partial charge in [-0.2, -0.15) is 23.5 Å². The van der Waals surface area contributed by atoms with Crippen LogP contribution < -0.4 is 5.73 Å². The molecule has 100 valence electrons. The maximum atomic E-state index is 13.7. The van der Waals surface area contributed by atoms with Gasteiger partial charge in [-0.1, -0.05) is 13.0 Å². The Balaban J connectivity index is 2.28. The summed E-state index contributed by atoms with van der Waals surface area (Å²) in [6, 6.07) is 1.55. The molecule has 18 heavy (non-hydrogen) atoms. The minimum atomic E-state index is -1.44. The van der Waals surface area contributed by atoms with Gasteiger partial charge in [0, 0.05) is 33.6 Å². The van der Waals surface area contributed by atoms with Crippen molar-refractivity contribution in [3.8, 4) is 0 Å². The molecule has 1 aromatic rings. The Labute approximate surface area is 113 Å². The molecular weight excluding hydrogens is 279 g/mol. The molecule has 6 heteroatoms. The highest BCUT2D eigenvalue weighted by Gasteiger charge is 2.31. The molecule has 1 aliphatic heterocycles. The van der Waals surface area contributed by atoms with Crippen LogP contribution in [0.2, 0.25) is 0 Å². The van der Waals surface area contributed by atoms with Gasteiger partial charge in [-0.15, -0.1) is 0 Å². The predicted molar refractivity (Wildman–Crippen MR) is 71.4 cm³/mol. The van der Waals surface area contributed by atoms with Gasteiger partial charge in [0.25, 0.3) is 0 Å². The van der Waals surface area contributed by atoms with Crippen LogP contribution >= 0.6 is 23.5 Å². The summed E-state index contributed by atoms with van der Waals surface area (Å²) in [6.45, 7) is 2.03. The number of nitrogens with two attached hydrogens (primary N) is 1. The Morgan fingerprint density at radius 2 is 1.83 bits per heavy atom. The number of halogens is 3. The maximum absolute atomic E-state index is 13.7. The molecule has 1 nitrogen and oxygen atoms in total. The van der Waals surface area contributed by atoms with Gasteiger partial charge in [0.1, 0.15) is 0 Å². The molecule has 1 aromatic carbocycles. The minimum Gasteiger partial charge on any atom is -0.323 e. The molecule has 2 N–H and O–H groups in total. The van der Waals surface area contributed by atoms with E-state index in [1.807, 2.05) is 6.92 Å². The second kappa shape index (κ2) is 5.75. The van der Waals surface area contributed by atoms with Crippen LogP contribution in [0, 0.1) is 17.5 Å². The molecule has 0 aromatic heterocycles. The van der Waals surface area contributed by atoms with E-state index in [1.54, 1.807) is 23.5 Å². The van der Waals surface area contributed by atoms with Crippen LogP contribution in [-0.2, 0) is 0 Å². The van der Waals surface area contributed by atoms with Crippen LogP contribution in [0.4, 0.5) is 13.2 Å². The first kappa shape index (κ1) is 14.1. The van der Waals surface area contributed by atoms with Crippen molar-refractivity contribution in [2.24, 2.45) is 5.73 Å². The smallest absolute Gasteiger partial charge is 0.194 e. The Morgan fingerprint density at radius 3 is 2.50 bits per heavy atom. The van der Waals surface area contributed by atoms with E-state index in [0.717, 1.165) is 17.6 Å². The fraction of sp³-hybridized carbons (Fsp3) is 0.500. The molecule has 3 atom stereocenters. The lowest BCUT2D eigenvalue weighted by Gasteiger charge is -2.32. The van der Waals surface area contributed by atoms with Crippen LogP contribution in [0.3, 0.4) is 0 Å². The van der Waals surface area contributed by atoms with Crippen LogP contribution in [0.25, 0.3) is 0 Å². The molecule has 3 unspecified atom stereocenters. The zero-order valence-electron chi connectivity index (χ0n) is 9.83. The van der Waals surface area contributed by atoms with E-state index in [-0.39, 0.29) is 16.1 Å². The zero-order chi connectivity index (χ0) is 13.3. The van der Waals surface area contributed by atoms with Crippen LogP contribution in [0.5, 0.6) is 0 Å². The van der Waals surface area contributed by atoms with Crippen molar-refractivity contribution in [3.05, 3.63) is 35.1 Å². The molecule has 0 saturated carbocycles. The van der Waals surface area contributed by atoms with Gasteiger partial charge in [0.2, 0.25) is 0 Å². The fourth-order valence-electron chi connectivity index (χ4n) is 2.02. The van der Waals surface area contributed by atoms with Crippen molar-refractivity contribution in [1.82, 2.24) is 0 Å². The van der Waals surface area contributed by atoms with Gasteiger partial charge >= 0.3 is 0 Å². The summed E-state index contributed by atoms with van der Waals surface area (Å²) in [4.78, 5) is 0. The average molecular weight is 293 g/mol. The topological polar surface area (TPSA) is 26.0 Å². The van der Waals surface area contributed by atoms with Crippen LogP contribution in [0.15, 0.2) is 12.1 Å². The van der Waals surface area contributed by atoms with Gasteiger partial charge in [-0.25, -0.2) is 13.2 Å². The number of rotatable bonds is 2. The summed E-state index contributed by atoms with van der Waals surface area (Å²) in [5.41, 5.74) is 6.07. The van der Waals surface area contributed by atoms with Crippen LogP contribution in [-0.4, -0.2) is 22.0 Å². The lowest BCUT2D eigenvalue weighted by molar-refractivity contribution is 0.434. The average Bonchev–Trinajstić information content (AvgIpc) is 2.36. The number of benzene rings is 1. The van der Waals surface area contributed by atoms with E-state index in [2.05, 4.69) is 0 Å². The molecule has 1 heterocycles. The minimum absolute atomic E-state index is 0.0168. The molecule has 0 bridgehead atoms. The third-order valence-electron chi connectivity index (χ3n) is 3.02. The van der Waals surface area contributed by atoms with E-state index in [4.69, 9.17) is 5.73 Å². The van der Waals surface area contributed by atoms with E-state index >= 15 is 0 Å². The highest BCUT2D eigenvalue weighted by molar-refractivity contribution is 8.07. The molecule has 2 rings (SSSR count). The number of hydrogen-bond acceptors (Lipinski definition) is 3. The van der Waals surface area contributed by atoms with Gasteiger partial charge in [-0.3, -0.25) is 0 Å². The molecule has 0 spiro atoms. The monoisotopic (exact) mass is 293 g/mol. The normalized spacial score (nSPS) is 26.1. The molecule has 0 amide bonds. The van der Waals surface area contributed by atoms with Gasteiger partial charge in [0.05, 0.1) is 0 Å². The summed E-state index contributed by atoms with van der Waals surface area (Å²) in [6.07, 6.45) is 0. The fourth-order valence-corrected chi connectivity index (χ4v) is 4.89. The molecule has 0 radical (unpaired) electrons. The van der Waals surface area contributed by atoms with E-state index < -0.39 is 23.5 Å². The summed E-state index contributed by atoms with van der Waals surface area (Å²) < 4.78 is 39.8. The van der Waals surface area contributed by atoms with Crippen LogP contribution in [0.1, 0.15) is 18.5 Å². The highest BCUT2D eigenvalue weighted by Crippen LogP contribution is 2.38. The van der Waals surface area contributed by atoms with E-state index in [1.165, 1.54) is 6.07 Å². The summed E-state index contributed by atoms with van der Waals surface area (Å²) in [5, 5.41) is 0.286. The van der Waals surface area contributed by atoms with Gasteiger partial charge in [-0.05, 0) is 6.07 Å². The highest BCUT2D eigenvalue weighted by atomic mass is 32.2. The quantitative estimate of drug-likeness (QED) is 0.847. The second-order valence-corrected chi connectivity index (χ2v) is 6.97.